The minimum absolute atomic E-state index is 0.319. The first-order valence-corrected chi connectivity index (χ1v) is 6.81. The lowest BCUT2D eigenvalue weighted by molar-refractivity contribution is -0.176. The van der Waals surface area contributed by atoms with Crippen LogP contribution in [0, 0.1) is 0 Å². The minimum Gasteiger partial charge on any atom is -0.463 e. The molecule has 0 heterocycles. The largest absolute Gasteiger partial charge is 0.463 e. The Bertz CT molecular complexity index is 483. The summed E-state index contributed by atoms with van der Waals surface area (Å²) >= 11 is 0. The summed E-state index contributed by atoms with van der Waals surface area (Å²) in [5, 5.41) is 0. The SMILES string of the molecule is CCOC(=O)/C(C)=C/C=C/C(C)=C/C(OC(C)=O)OC(C)=O. The highest BCUT2D eigenvalue weighted by atomic mass is 16.7. The summed E-state index contributed by atoms with van der Waals surface area (Å²) in [6, 6.07) is 0. The van der Waals surface area contributed by atoms with Crippen molar-refractivity contribution in [2.45, 2.75) is 40.9 Å². The van der Waals surface area contributed by atoms with Crippen molar-refractivity contribution >= 4 is 17.9 Å². The average Bonchev–Trinajstić information content (AvgIpc) is 2.36. The number of carbonyl (C=O) groups excluding carboxylic acids is 3. The van der Waals surface area contributed by atoms with Crippen LogP contribution >= 0.6 is 0 Å². The molecule has 0 aliphatic heterocycles. The molecule has 0 atom stereocenters. The van der Waals surface area contributed by atoms with Gasteiger partial charge in [-0.2, -0.15) is 0 Å². The van der Waals surface area contributed by atoms with Crippen molar-refractivity contribution in [3.63, 3.8) is 0 Å². The summed E-state index contributed by atoms with van der Waals surface area (Å²) in [4.78, 5) is 33.3. The standard InChI is InChI=1S/C16H22O6/c1-6-20-16(19)12(3)9-7-8-11(2)10-15(21-13(4)17)22-14(5)18/h7-10,15H,6H2,1-5H3/b8-7+,11-10+,12-9+. The first kappa shape index (κ1) is 19.6. The van der Waals surface area contributed by atoms with Gasteiger partial charge >= 0.3 is 17.9 Å². The van der Waals surface area contributed by atoms with Gasteiger partial charge in [0.25, 0.3) is 6.29 Å². The number of ether oxygens (including phenoxy) is 3. The summed E-state index contributed by atoms with van der Waals surface area (Å²) in [6.07, 6.45) is 5.34. The first-order valence-electron chi connectivity index (χ1n) is 6.81. The third-order valence-electron chi connectivity index (χ3n) is 2.27. The zero-order valence-corrected chi connectivity index (χ0v) is 13.5. The second kappa shape index (κ2) is 10.4. The van der Waals surface area contributed by atoms with E-state index in [1.807, 2.05) is 0 Å². The predicted molar refractivity (Wildman–Crippen MR) is 80.6 cm³/mol. The van der Waals surface area contributed by atoms with Gasteiger partial charge in [0.05, 0.1) is 6.61 Å². The summed E-state index contributed by atoms with van der Waals surface area (Å²) in [5.41, 5.74) is 1.16. The molecule has 6 nitrogen and oxygen atoms in total. The first-order chi connectivity index (χ1) is 10.3. The molecule has 0 saturated carbocycles. The summed E-state index contributed by atoms with van der Waals surface area (Å²) in [7, 11) is 0. The molecule has 0 unspecified atom stereocenters. The highest BCUT2D eigenvalue weighted by Crippen LogP contribution is 2.06. The third-order valence-corrected chi connectivity index (χ3v) is 2.27. The fourth-order valence-electron chi connectivity index (χ4n) is 1.35. The van der Waals surface area contributed by atoms with Gasteiger partial charge in [-0.15, -0.1) is 0 Å². The van der Waals surface area contributed by atoms with Crippen LogP contribution in [0.25, 0.3) is 0 Å². The Morgan fingerprint density at radius 2 is 1.55 bits per heavy atom. The molecule has 0 bridgehead atoms. The molecule has 122 valence electrons. The topological polar surface area (TPSA) is 78.9 Å². The second-order valence-corrected chi connectivity index (χ2v) is 4.43. The average molecular weight is 310 g/mol. The van der Waals surface area contributed by atoms with Crippen LogP contribution in [0.2, 0.25) is 0 Å². The van der Waals surface area contributed by atoms with E-state index in [2.05, 4.69) is 0 Å². The van der Waals surface area contributed by atoms with Gasteiger partial charge in [-0.05, 0) is 32.4 Å². The van der Waals surface area contributed by atoms with Crippen LogP contribution in [0.15, 0.2) is 35.5 Å². The molecule has 0 amide bonds. The number of allylic oxidation sites excluding steroid dienone is 4. The molecular weight excluding hydrogens is 288 g/mol. The molecule has 0 aromatic rings. The van der Waals surface area contributed by atoms with Gasteiger partial charge in [0.2, 0.25) is 0 Å². The van der Waals surface area contributed by atoms with Crippen molar-refractivity contribution in [1.82, 2.24) is 0 Å². The smallest absolute Gasteiger partial charge is 0.333 e. The Labute approximate surface area is 130 Å². The van der Waals surface area contributed by atoms with E-state index < -0.39 is 18.2 Å². The number of esters is 3. The fraction of sp³-hybridized carbons (Fsp3) is 0.438. The lowest BCUT2D eigenvalue weighted by Crippen LogP contribution is -2.20. The molecule has 0 aromatic heterocycles. The van der Waals surface area contributed by atoms with Crippen molar-refractivity contribution in [3.8, 4) is 0 Å². The van der Waals surface area contributed by atoms with Crippen molar-refractivity contribution in [1.29, 1.82) is 0 Å². The monoisotopic (exact) mass is 310 g/mol. The van der Waals surface area contributed by atoms with E-state index in [4.69, 9.17) is 14.2 Å². The van der Waals surface area contributed by atoms with Crippen LogP contribution < -0.4 is 0 Å². The number of hydrogen-bond donors (Lipinski definition) is 0. The molecular formula is C16H22O6. The summed E-state index contributed by atoms with van der Waals surface area (Å²) < 4.78 is 14.5. The Kier molecular flexibility index (Phi) is 9.25. The van der Waals surface area contributed by atoms with Crippen LogP contribution in [0.5, 0.6) is 0 Å². The molecule has 6 heteroatoms. The highest BCUT2D eigenvalue weighted by molar-refractivity contribution is 5.88. The van der Waals surface area contributed by atoms with Crippen LogP contribution in [0.1, 0.15) is 34.6 Å². The molecule has 0 radical (unpaired) electrons. The molecule has 0 aliphatic rings. The van der Waals surface area contributed by atoms with Crippen LogP contribution in [-0.4, -0.2) is 30.8 Å². The van der Waals surface area contributed by atoms with Crippen LogP contribution in [0.3, 0.4) is 0 Å². The summed E-state index contributed by atoms with van der Waals surface area (Å²) in [5.74, 6) is -1.50. The van der Waals surface area contributed by atoms with Gasteiger partial charge in [-0.25, -0.2) is 4.79 Å². The van der Waals surface area contributed by atoms with Gasteiger partial charge in [0, 0.05) is 19.4 Å². The Morgan fingerprint density at radius 3 is 2.00 bits per heavy atom. The van der Waals surface area contributed by atoms with E-state index in [1.54, 1.807) is 39.0 Å². The van der Waals surface area contributed by atoms with Gasteiger partial charge in [0.15, 0.2) is 0 Å². The van der Waals surface area contributed by atoms with E-state index in [0.717, 1.165) is 0 Å². The predicted octanol–water partition coefficient (Wildman–Crippen LogP) is 2.45. The maximum absolute atomic E-state index is 11.4. The number of carbonyl (C=O) groups is 3. The van der Waals surface area contributed by atoms with Crippen LogP contribution in [0.4, 0.5) is 0 Å². The molecule has 0 saturated heterocycles. The van der Waals surface area contributed by atoms with Gasteiger partial charge in [0.1, 0.15) is 0 Å². The molecule has 0 N–H and O–H groups in total. The van der Waals surface area contributed by atoms with Crippen molar-refractivity contribution < 1.29 is 28.6 Å². The number of rotatable bonds is 7. The molecule has 0 fully saturated rings. The number of hydrogen-bond acceptors (Lipinski definition) is 6. The van der Waals surface area contributed by atoms with Gasteiger partial charge in [-0.1, -0.05) is 18.2 Å². The Hall–Kier alpha value is -2.37. The maximum Gasteiger partial charge on any atom is 0.333 e. The fourth-order valence-corrected chi connectivity index (χ4v) is 1.35. The zero-order valence-electron chi connectivity index (χ0n) is 13.5. The van der Waals surface area contributed by atoms with Gasteiger partial charge < -0.3 is 14.2 Å². The maximum atomic E-state index is 11.4. The molecule has 0 aromatic carbocycles. The minimum atomic E-state index is -1.07. The van der Waals surface area contributed by atoms with E-state index in [9.17, 15) is 14.4 Å². The lowest BCUT2D eigenvalue weighted by atomic mass is 10.2. The second-order valence-electron chi connectivity index (χ2n) is 4.43. The zero-order chi connectivity index (χ0) is 17.1. The molecule has 0 rings (SSSR count). The van der Waals surface area contributed by atoms with E-state index in [-0.39, 0.29) is 5.97 Å². The van der Waals surface area contributed by atoms with Gasteiger partial charge in [-0.3, -0.25) is 9.59 Å². The van der Waals surface area contributed by atoms with Crippen molar-refractivity contribution in [2.24, 2.45) is 0 Å². The van der Waals surface area contributed by atoms with E-state index >= 15 is 0 Å². The van der Waals surface area contributed by atoms with Crippen LogP contribution in [-0.2, 0) is 28.6 Å². The Morgan fingerprint density at radius 1 is 1.00 bits per heavy atom. The normalized spacial score (nSPS) is 12.5. The van der Waals surface area contributed by atoms with E-state index in [1.165, 1.54) is 19.9 Å². The van der Waals surface area contributed by atoms with Crippen molar-refractivity contribution in [3.05, 3.63) is 35.5 Å². The third kappa shape index (κ3) is 9.52. The molecule has 22 heavy (non-hydrogen) atoms. The summed E-state index contributed by atoms with van der Waals surface area (Å²) in [6.45, 7) is 7.88. The van der Waals surface area contributed by atoms with Crippen molar-refractivity contribution in [2.75, 3.05) is 6.61 Å². The highest BCUT2D eigenvalue weighted by Gasteiger charge is 2.11. The Balaban J connectivity index is 4.83. The molecule has 0 spiro atoms. The molecule has 0 aliphatic carbocycles. The van der Waals surface area contributed by atoms with E-state index in [0.29, 0.717) is 17.8 Å². The lowest BCUT2D eigenvalue weighted by Gasteiger charge is -2.13. The quantitative estimate of drug-likeness (QED) is 0.311.